The lowest BCUT2D eigenvalue weighted by Gasteiger charge is -2.17. The van der Waals surface area contributed by atoms with E-state index in [0.717, 1.165) is 16.9 Å². The SMILES string of the molecule is Cc1nc2ccc(CC(CO)C(C)C)cc2s1. The van der Waals surface area contributed by atoms with Gasteiger partial charge < -0.3 is 5.11 Å². The number of rotatable bonds is 4. The Morgan fingerprint density at radius 3 is 2.76 bits per heavy atom. The molecule has 1 unspecified atom stereocenters. The Morgan fingerprint density at radius 2 is 2.12 bits per heavy atom. The summed E-state index contributed by atoms with van der Waals surface area (Å²) in [5, 5.41) is 10.5. The van der Waals surface area contributed by atoms with Crippen molar-refractivity contribution in [1.29, 1.82) is 0 Å². The van der Waals surface area contributed by atoms with Gasteiger partial charge in [0.1, 0.15) is 0 Å². The number of aromatic nitrogens is 1. The summed E-state index contributed by atoms with van der Waals surface area (Å²) in [6.07, 6.45) is 0.945. The zero-order valence-electron chi connectivity index (χ0n) is 10.6. The van der Waals surface area contributed by atoms with Crippen molar-refractivity contribution in [3.8, 4) is 0 Å². The second-order valence-electron chi connectivity index (χ2n) is 4.93. The van der Waals surface area contributed by atoms with Crippen LogP contribution in [0.5, 0.6) is 0 Å². The second-order valence-corrected chi connectivity index (χ2v) is 6.16. The maximum absolute atomic E-state index is 9.37. The number of fused-ring (bicyclic) bond motifs is 1. The molecule has 2 aromatic rings. The molecule has 3 heteroatoms. The van der Waals surface area contributed by atoms with Crippen LogP contribution in [-0.4, -0.2) is 16.7 Å². The van der Waals surface area contributed by atoms with E-state index >= 15 is 0 Å². The first-order valence-corrected chi connectivity index (χ1v) is 6.88. The molecule has 1 aromatic carbocycles. The standard InChI is InChI=1S/C14H19NOS/c1-9(2)12(8-16)6-11-4-5-13-14(7-11)17-10(3)15-13/h4-5,7,9,12,16H,6,8H2,1-3H3. The summed E-state index contributed by atoms with van der Waals surface area (Å²) in [7, 11) is 0. The molecule has 0 spiro atoms. The number of benzene rings is 1. The van der Waals surface area contributed by atoms with E-state index in [-0.39, 0.29) is 6.61 Å². The molecule has 17 heavy (non-hydrogen) atoms. The molecule has 1 heterocycles. The molecule has 1 N–H and O–H groups in total. The first-order chi connectivity index (χ1) is 8.10. The highest BCUT2D eigenvalue weighted by Gasteiger charge is 2.13. The van der Waals surface area contributed by atoms with Gasteiger partial charge in [-0.05, 0) is 42.9 Å². The summed E-state index contributed by atoms with van der Waals surface area (Å²) in [4.78, 5) is 4.46. The van der Waals surface area contributed by atoms with Gasteiger partial charge in [-0.15, -0.1) is 11.3 Å². The van der Waals surface area contributed by atoms with E-state index in [9.17, 15) is 5.11 Å². The minimum Gasteiger partial charge on any atom is -0.396 e. The Kier molecular flexibility index (Phi) is 3.79. The molecular formula is C14H19NOS. The van der Waals surface area contributed by atoms with Crippen LogP contribution in [0, 0.1) is 18.8 Å². The van der Waals surface area contributed by atoms with Crippen LogP contribution in [0.25, 0.3) is 10.2 Å². The number of thiazole rings is 1. The van der Waals surface area contributed by atoms with Crippen molar-refractivity contribution in [1.82, 2.24) is 4.98 Å². The first-order valence-electron chi connectivity index (χ1n) is 6.07. The Labute approximate surface area is 106 Å². The average molecular weight is 249 g/mol. The van der Waals surface area contributed by atoms with E-state index < -0.39 is 0 Å². The van der Waals surface area contributed by atoms with E-state index in [4.69, 9.17) is 0 Å². The normalized spacial score (nSPS) is 13.5. The van der Waals surface area contributed by atoms with Gasteiger partial charge in [-0.3, -0.25) is 0 Å². The highest BCUT2D eigenvalue weighted by Crippen LogP contribution is 2.25. The fourth-order valence-corrected chi connectivity index (χ4v) is 2.92. The van der Waals surface area contributed by atoms with Crippen LogP contribution >= 0.6 is 11.3 Å². The fourth-order valence-electron chi connectivity index (χ4n) is 2.03. The van der Waals surface area contributed by atoms with Crippen molar-refractivity contribution in [3.63, 3.8) is 0 Å². The predicted octanol–water partition coefficient (Wildman–Crippen LogP) is 3.41. The lowest BCUT2D eigenvalue weighted by Crippen LogP contribution is -2.16. The molecule has 2 nitrogen and oxygen atoms in total. The van der Waals surface area contributed by atoms with E-state index in [1.807, 2.05) is 6.92 Å². The summed E-state index contributed by atoms with van der Waals surface area (Å²) in [6.45, 7) is 6.62. The van der Waals surface area contributed by atoms with Crippen LogP contribution in [0.15, 0.2) is 18.2 Å². The zero-order chi connectivity index (χ0) is 12.4. The van der Waals surface area contributed by atoms with E-state index in [2.05, 4.69) is 37.0 Å². The zero-order valence-corrected chi connectivity index (χ0v) is 11.4. The summed E-state index contributed by atoms with van der Waals surface area (Å²) in [5.41, 5.74) is 2.38. The third-order valence-corrected chi connectivity index (χ3v) is 4.17. The quantitative estimate of drug-likeness (QED) is 0.900. The van der Waals surface area contributed by atoms with Gasteiger partial charge in [-0.1, -0.05) is 19.9 Å². The minimum atomic E-state index is 0.261. The van der Waals surface area contributed by atoms with Crippen LogP contribution in [0.2, 0.25) is 0 Å². The Balaban J connectivity index is 2.23. The maximum atomic E-state index is 9.37. The summed E-state index contributed by atoms with van der Waals surface area (Å²) in [5.74, 6) is 0.861. The van der Waals surface area contributed by atoms with Crippen molar-refractivity contribution in [2.24, 2.45) is 11.8 Å². The van der Waals surface area contributed by atoms with Gasteiger partial charge in [-0.2, -0.15) is 0 Å². The topological polar surface area (TPSA) is 33.1 Å². The molecule has 0 fully saturated rings. The number of hydrogen-bond donors (Lipinski definition) is 1. The van der Waals surface area contributed by atoms with Gasteiger partial charge >= 0.3 is 0 Å². The van der Waals surface area contributed by atoms with Crippen LogP contribution in [0.1, 0.15) is 24.4 Å². The molecule has 0 aliphatic heterocycles. The van der Waals surface area contributed by atoms with Gasteiger partial charge in [0.25, 0.3) is 0 Å². The first kappa shape index (κ1) is 12.5. The minimum absolute atomic E-state index is 0.261. The van der Waals surface area contributed by atoms with Crippen molar-refractivity contribution >= 4 is 21.6 Å². The van der Waals surface area contributed by atoms with Gasteiger partial charge in [0.15, 0.2) is 0 Å². The van der Waals surface area contributed by atoms with Gasteiger partial charge in [0, 0.05) is 6.61 Å². The number of aliphatic hydroxyl groups is 1. The highest BCUT2D eigenvalue weighted by atomic mass is 32.1. The number of aliphatic hydroxyl groups excluding tert-OH is 1. The molecule has 0 aliphatic carbocycles. The van der Waals surface area contributed by atoms with Gasteiger partial charge in [0.2, 0.25) is 0 Å². The van der Waals surface area contributed by atoms with Crippen molar-refractivity contribution in [2.45, 2.75) is 27.2 Å². The number of aryl methyl sites for hydroxylation is 1. The Bertz CT molecular complexity index is 504. The molecule has 0 bridgehead atoms. The monoisotopic (exact) mass is 249 g/mol. The smallest absolute Gasteiger partial charge is 0.0907 e. The lowest BCUT2D eigenvalue weighted by molar-refractivity contribution is 0.189. The van der Waals surface area contributed by atoms with Gasteiger partial charge in [-0.25, -0.2) is 4.98 Å². The highest BCUT2D eigenvalue weighted by molar-refractivity contribution is 7.18. The Morgan fingerprint density at radius 1 is 1.35 bits per heavy atom. The third kappa shape index (κ3) is 2.85. The molecule has 0 amide bonds. The van der Waals surface area contributed by atoms with Crippen LogP contribution < -0.4 is 0 Å². The van der Waals surface area contributed by atoms with Crippen molar-refractivity contribution < 1.29 is 5.11 Å². The van der Waals surface area contributed by atoms with E-state index in [1.165, 1.54) is 10.3 Å². The molecule has 1 atom stereocenters. The average Bonchev–Trinajstić information content (AvgIpc) is 2.64. The van der Waals surface area contributed by atoms with E-state index in [0.29, 0.717) is 11.8 Å². The fraction of sp³-hybridized carbons (Fsp3) is 0.500. The Hall–Kier alpha value is -0.930. The molecule has 0 saturated carbocycles. The van der Waals surface area contributed by atoms with Crippen LogP contribution in [-0.2, 0) is 6.42 Å². The summed E-state index contributed by atoms with van der Waals surface area (Å²) >= 11 is 1.74. The molecule has 92 valence electrons. The number of hydrogen-bond acceptors (Lipinski definition) is 3. The largest absolute Gasteiger partial charge is 0.396 e. The van der Waals surface area contributed by atoms with Gasteiger partial charge in [0.05, 0.1) is 15.2 Å². The van der Waals surface area contributed by atoms with Crippen molar-refractivity contribution in [3.05, 3.63) is 28.8 Å². The maximum Gasteiger partial charge on any atom is 0.0907 e. The molecule has 0 saturated heterocycles. The van der Waals surface area contributed by atoms with Crippen molar-refractivity contribution in [2.75, 3.05) is 6.61 Å². The van der Waals surface area contributed by atoms with Crippen LogP contribution in [0.3, 0.4) is 0 Å². The third-order valence-electron chi connectivity index (χ3n) is 3.23. The van der Waals surface area contributed by atoms with Crippen LogP contribution in [0.4, 0.5) is 0 Å². The lowest BCUT2D eigenvalue weighted by atomic mass is 9.90. The summed E-state index contributed by atoms with van der Waals surface area (Å²) < 4.78 is 1.25. The summed E-state index contributed by atoms with van der Waals surface area (Å²) in [6, 6.07) is 6.43. The molecular weight excluding hydrogens is 230 g/mol. The second kappa shape index (κ2) is 5.15. The predicted molar refractivity (Wildman–Crippen MR) is 73.5 cm³/mol. The number of nitrogens with zero attached hydrogens (tertiary/aromatic N) is 1. The molecule has 0 radical (unpaired) electrons. The van der Waals surface area contributed by atoms with E-state index in [1.54, 1.807) is 11.3 Å². The molecule has 2 rings (SSSR count). The molecule has 0 aliphatic rings. The molecule has 1 aromatic heterocycles.